The lowest BCUT2D eigenvalue weighted by atomic mass is 10.3. The predicted octanol–water partition coefficient (Wildman–Crippen LogP) is 0.687. The first kappa shape index (κ1) is 6.27. The fraction of sp³-hybridized carbons (Fsp3) is 0.286. The molecule has 2 aromatic heterocycles. The average Bonchev–Trinajstić information content (AvgIpc) is 2.50. The van der Waals surface area contributed by atoms with Gasteiger partial charge in [-0.25, -0.2) is 14.5 Å². The summed E-state index contributed by atoms with van der Waals surface area (Å²) >= 11 is 0. The van der Waals surface area contributed by atoms with Crippen molar-refractivity contribution in [3.63, 3.8) is 0 Å². The molecule has 0 radical (unpaired) electrons. The van der Waals surface area contributed by atoms with Gasteiger partial charge in [0.05, 0.1) is 5.69 Å². The predicted molar refractivity (Wildman–Crippen MR) is 40.2 cm³/mol. The molecule has 0 N–H and O–H groups in total. The minimum atomic E-state index is 0.856. The van der Waals surface area contributed by atoms with Gasteiger partial charge in [0.2, 0.25) is 0 Å². The van der Waals surface area contributed by atoms with Gasteiger partial charge in [-0.05, 0) is 6.42 Å². The van der Waals surface area contributed by atoms with Crippen molar-refractivity contribution in [3.05, 3.63) is 24.4 Å². The molecule has 0 aliphatic rings. The second-order valence-corrected chi connectivity index (χ2v) is 2.26. The normalized spacial score (nSPS) is 10.6. The molecule has 0 bridgehead atoms. The van der Waals surface area contributed by atoms with Crippen LogP contribution in [0.15, 0.2) is 18.7 Å². The first-order chi connectivity index (χ1) is 5.42. The van der Waals surface area contributed by atoms with Crippen molar-refractivity contribution in [1.29, 1.82) is 0 Å². The Kier molecular flexibility index (Phi) is 1.31. The zero-order chi connectivity index (χ0) is 7.68. The molecule has 0 unspecified atom stereocenters. The van der Waals surface area contributed by atoms with Gasteiger partial charge in [-0.3, -0.25) is 0 Å². The SMILES string of the molecule is CCc1ncnn2ccnc12. The molecule has 0 aromatic carbocycles. The highest BCUT2D eigenvalue weighted by Gasteiger charge is 2.00. The summed E-state index contributed by atoms with van der Waals surface area (Å²) in [6.45, 7) is 2.05. The highest BCUT2D eigenvalue weighted by atomic mass is 15.3. The van der Waals surface area contributed by atoms with Crippen molar-refractivity contribution in [2.75, 3.05) is 0 Å². The van der Waals surface area contributed by atoms with Crippen LogP contribution in [0.3, 0.4) is 0 Å². The van der Waals surface area contributed by atoms with Crippen LogP contribution < -0.4 is 0 Å². The lowest BCUT2D eigenvalue weighted by Crippen LogP contribution is -1.97. The van der Waals surface area contributed by atoms with Gasteiger partial charge in [0.1, 0.15) is 6.33 Å². The molecule has 0 fully saturated rings. The molecule has 11 heavy (non-hydrogen) atoms. The van der Waals surface area contributed by atoms with E-state index >= 15 is 0 Å². The monoisotopic (exact) mass is 148 g/mol. The molecule has 0 saturated heterocycles. The van der Waals surface area contributed by atoms with Crippen molar-refractivity contribution < 1.29 is 0 Å². The molecule has 4 heteroatoms. The largest absolute Gasteiger partial charge is 0.236 e. The van der Waals surface area contributed by atoms with Crippen LogP contribution in [0.4, 0.5) is 0 Å². The van der Waals surface area contributed by atoms with Crippen molar-refractivity contribution in [3.8, 4) is 0 Å². The molecule has 0 spiro atoms. The maximum Gasteiger partial charge on any atom is 0.175 e. The number of aromatic nitrogens is 4. The lowest BCUT2D eigenvalue weighted by molar-refractivity contribution is 0.859. The summed E-state index contributed by atoms with van der Waals surface area (Å²) in [7, 11) is 0. The van der Waals surface area contributed by atoms with Crippen LogP contribution >= 0.6 is 0 Å². The zero-order valence-electron chi connectivity index (χ0n) is 6.23. The molecule has 0 aliphatic heterocycles. The third-order valence-electron chi connectivity index (χ3n) is 1.60. The van der Waals surface area contributed by atoms with Crippen LogP contribution in [0.1, 0.15) is 12.6 Å². The van der Waals surface area contributed by atoms with Crippen LogP contribution in [0, 0.1) is 0 Å². The van der Waals surface area contributed by atoms with Crippen LogP contribution in [0.25, 0.3) is 5.65 Å². The highest BCUT2D eigenvalue weighted by Crippen LogP contribution is 2.02. The van der Waals surface area contributed by atoms with E-state index in [-0.39, 0.29) is 0 Å². The van der Waals surface area contributed by atoms with Gasteiger partial charge in [0.25, 0.3) is 0 Å². The topological polar surface area (TPSA) is 43.1 Å². The number of hydrogen-bond donors (Lipinski definition) is 0. The second-order valence-electron chi connectivity index (χ2n) is 2.26. The molecule has 0 saturated carbocycles. The number of imidazole rings is 1. The van der Waals surface area contributed by atoms with E-state index < -0.39 is 0 Å². The van der Waals surface area contributed by atoms with Gasteiger partial charge in [-0.2, -0.15) is 5.10 Å². The number of aryl methyl sites for hydroxylation is 1. The van der Waals surface area contributed by atoms with E-state index in [0.717, 1.165) is 17.8 Å². The first-order valence-electron chi connectivity index (χ1n) is 3.55. The molecule has 56 valence electrons. The molecule has 2 heterocycles. The zero-order valence-corrected chi connectivity index (χ0v) is 6.23. The summed E-state index contributed by atoms with van der Waals surface area (Å²) < 4.78 is 1.73. The summed E-state index contributed by atoms with van der Waals surface area (Å²) in [4.78, 5) is 8.23. The van der Waals surface area contributed by atoms with E-state index in [9.17, 15) is 0 Å². The lowest BCUT2D eigenvalue weighted by Gasteiger charge is -1.95. The van der Waals surface area contributed by atoms with E-state index in [1.165, 1.54) is 0 Å². The van der Waals surface area contributed by atoms with Crippen molar-refractivity contribution in [1.82, 2.24) is 19.6 Å². The van der Waals surface area contributed by atoms with Gasteiger partial charge in [0, 0.05) is 12.4 Å². The maximum absolute atomic E-state index is 4.13. The van der Waals surface area contributed by atoms with Gasteiger partial charge >= 0.3 is 0 Å². The summed E-state index contributed by atoms with van der Waals surface area (Å²) in [6.07, 6.45) is 5.98. The van der Waals surface area contributed by atoms with E-state index in [1.54, 1.807) is 17.0 Å². The van der Waals surface area contributed by atoms with Gasteiger partial charge < -0.3 is 0 Å². The second kappa shape index (κ2) is 2.30. The van der Waals surface area contributed by atoms with Crippen molar-refractivity contribution in [2.45, 2.75) is 13.3 Å². The summed E-state index contributed by atoms with van der Waals surface area (Å²) in [5, 5.41) is 3.99. The average molecular weight is 148 g/mol. The Bertz CT molecular complexity index is 365. The number of fused-ring (bicyclic) bond motifs is 1. The fourth-order valence-corrected chi connectivity index (χ4v) is 1.06. The van der Waals surface area contributed by atoms with Crippen LogP contribution in [0.5, 0.6) is 0 Å². The van der Waals surface area contributed by atoms with Crippen LogP contribution in [-0.2, 0) is 6.42 Å². The molecular weight excluding hydrogens is 140 g/mol. The highest BCUT2D eigenvalue weighted by molar-refractivity contribution is 5.41. The maximum atomic E-state index is 4.13. The molecule has 0 amide bonds. The minimum Gasteiger partial charge on any atom is -0.236 e. The number of rotatable bonds is 1. The van der Waals surface area contributed by atoms with Gasteiger partial charge in [-0.1, -0.05) is 6.92 Å². The number of nitrogens with zero attached hydrogens (tertiary/aromatic N) is 4. The Morgan fingerprint density at radius 2 is 2.36 bits per heavy atom. The van der Waals surface area contributed by atoms with Gasteiger partial charge in [0.15, 0.2) is 5.65 Å². The van der Waals surface area contributed by atoms with Crippen molar-refractivity contribution in [2.24, 2.45) is 0 Å². The minimum absolute atomic E-state index is 0.856. The smallest absolute Gasteiger partial charge is 0.175 e. The summed E-state index contributed by atoms with van der Waals surface area (Å²) in [6, 6.07) is 0. The molecular formula is C7H8N4. The Morgan fingerprint density at radius 1 is 1.45 bits per heavy atom. The van der Waals surface area contributed by atoms with E-state index in [0.29, 0.717) is 0 Å². The quantitative estimate of drug-likeness (QED) is 0.597. The molecule has 4 nitrogen and oxygen atoms in total. The Hall–Kier alpha value is -1.45. The Labute approximate surface area is 63.9 Å². The Morgan fingerprint density at radius 3 is 3.18 bits per heavy atom. The van der Waals surface area contributed by atoms with Crippen molar-refractivity contribution >= 4 is 5.65 Å². The third kappa shape index (κ3) is 0.869. The van der Waals surface area contributed by atoms with E-state index in [4.69, 9.17) is 0 Å². The Balaban J connectivity index is 2.79. The summed E-state index contributed by atoms with van der Waals surface area (Å²) in [5.74, 6) is 0. The van der Waals surface area contributed by atoms with Crippen LogP contribution in [-0.4, -0.2) is 19.6 Å². The molecule has 0 atom stereocenters. The van der Waals surface area contributed by atoms with E-state index in [1.807, 2.05) is 6.20 Å². The van der Waals surface area contributed by atoms with Gasteiger partial charge in [-0.15, -0.1) is 0 Å². The van der Waals surface area contributed by atoms with E-state index in [2.05, 4.69) is 22.0 Å². The fourth-order valence-electron chi connectivity index (χ4n) is 1.06. The number of hydrogen-bond acceptors (Lipinski definition) is 3. The van der Waals surface area contributed by atoms with Crippen LogP contribution in [0.2, 0.25) is 0 Å². The third-order valence-corrected chi connectivity index (χ3v) is 1.60. The molecule has 2 aromatic rings. The first-order valence-corrected chi connectivity index (χ1v) is 3.55. The summed E-state index contributed by atoms with van der Waals surface area (Å²) in [5.41, 5.74) is 1.85. The molecule has 2 rings (SSSR count). The standard InChI is InChI=1S/C7H8N4/c1-2-6-7-8-3-4-11(7)10-5-9-6/h3-5H,2H2,1H3. The molecule has 0 aliphatic carbocycles.